The smallest absolute Gasteiger partial charge is 0.310 e. The van der Waals surface area contributed by atoms with E-state index in [2.05, 4.69) is 9.68 Å². The fourth-order valence-corrected chi connectivity index (χ4v) is 4.99. The molecule has 1 rings (SSSR count). The van der Waals surface area contributed by atoms with Crippen molar-refractivity contribution in [3.63, 3.8) is 0 Å². The van der Waals surface area contributed by atoms with Crippen LogP contribution in [0.4, 0.5) is 4.53 Å². The Hall–Kier alpha value is -1.83. The van der Waals surface area contributed by atoms with Crippen LogP contribution in [0.1, 0.15) is 71.6 Å². The van der Waals surface area contributed by atoms with Gasteiger partial charge in [-0.05, 0) is 48.5 Å². The van der Waals surface area contributed by atoms with Crippen LogP contribution in [-0.4, -0.2) is 30.9 Å². The first-order chi connectivity index (χ1) is 17.0. The quantitative estimate of drug-likeness (QED) is 0.0827. The zero-order valence-corrected chi connectivity index (χ0v) is 22.5. The number of allylic oxidation sites excluding steroid dienone is 7. The number of rotatable bonds is 17. The van der Waals surface area contributed by atoms with Gasteiger partial charge >= 0.3 is 11.9 Å². The molecule has 0 saturated heterocycles. The fraction of sp³-hybridized carbons (Fsp3) is 0.556. The molecule has 196 valence electrons. The van der Waals surface area contributed by atoms with Gasteiger partial charge < -0.3 is 9.47 Å². The molecule has 0 aromatic carbocycles. The summed E-state index contributed by atoms with van der Waals surface area (Å²) in [6.07, 6.45) is 16.2. The molecule has 0 heterocycles. The highest BCUT2D eigenvalue weighted by Crippen LogP contribution is 2.41. The van der Waals surface area contributed by atoms with Crippen molar-refractivity contribution in [1.82, 2.24) is 0 Å². The maximum absolute atomic E-state index is 13.3. The number of unbranched alkanes of at least 4 members (excludes halogenated alkanes) is 2. The summed E-state index contributed by atoms with van der Waals surface area (Å²) in [5.41, 5.74) is 2.28. The second-order valence-electron chi connectivity index (χ2n) is 8.17. The van der Waals surface area contributed by atoms with E-state index in [0.29, 0.717) is 25.7 Å². The van der Waals surface area contributed by atoms with Crippen LogP contribution < -0.4 is 0 Å². The van der Waals surface area contributed by atoms with Crippen LogP contribution in [0.25, 0.3) is 0 Å². The Kier molecular flexibility index (Phi) is 17.3. The van der Waals surface area contributed by atoms with Crippen molar-refractivity contribution in [2.75, 3.05) is 12.9 Å². The first-order valence-electron chi connectivity index (χ1n) is 12.2. The lowest BCUT2D eigenvalue weighted by atomic mass is 10.0. The van der Waals surface area contributed by atoms with Gasteiger partial charge in [0, 0.05) is 42.0 Å². The standard InChI is InChI=1S/C27H38ClFO5S/c1-4-10-21(12-9-18-28)20-23(34-29)16-14-22-15-17-24(33-26(31)11-5-2)27(22)35-19-8-6-7-13-25(30)32-3/h4,9-10,12,14,16,18,22-23H,5-8,11,13,15,17,19-20H2,1-3H3/b10-4-,16-14+,18-9+,21-12+. The highest BCUT2D eigenvalue weighted by atomic mass is 35.5. The van der Waals surface area contributed by atoms with Gasteiger partial charge in [-0.1, -0.05) is 61.4 Å². The average molecular weight is 529 g/mol. The van der Waals surface area contributed by atoms with Crippen molar-refractivity contribution in [1.29, 1.82) is 0 Å². The molecule has 2 unspecified atom stereocenters. The van der Waals surface area contributed by atoms with Crippen molar-refractivity contribution in [2.45, 2.75) is 77.7 Å². The molecule has 0 spiro atoms. The summed E-state index contributed by atoms with van der Waals surface area (Å²) >= 11 is 7.28. The number of carbonyl (C=O) groups excluding carboxylic acids is 2. The van der Waals surface area contributed by atoms with E-state index in [9.17, 15) is 14.1 Å². The van der Waals surface area contributed by atoms with E-state index in [1.165, 1.54) is 12.6 Å². The Balaban J connectivity index is 2.85. The van der Waals surface area contributed by atoms with Crippen molar-refractivity contribution >= 4 is 35.3 Å². The SMILES string of the molecule is C\C=C/C(=C\C=C\Cl)CC(/C=C/C1CCC(OC(=O)CCC)=C1SCCCCCC(=O)OC)OF. The molecule has 0 saturated carbocycles. The molecule has 0 amide bonds. The highest BCUT2D eigenvalue weighted by molar-refractivity contribution is 8.03. The first kappa shape index (κ1) is 31.2. The normalized spacial score (nSPS) is 17.7. The summed E-state index contributed by atoms with van der Waals surface area (Å²) < 4.78 is 23.7. The number of hydrogen-bond donors (Lipinski definition) is 0. The van der Waals surface area contributed by atoms with Gasteiger partial charge in [0.25, 0.3) is 0 Å². The lowest BCUT2D eigenvalue weighted by Gasteiger charge is -2.14. The van der Waals surface area contributed by atoms with E-state index in [-0.39, 0.29) is 17.9 Å². The third-order valence-electron chi connectivity index (χ3n) is 5.37. The third kappa shape index (κ3) is 13.2. The molecule has 0 N–H and O–H groups in total. The van der Waals surface area contributed by atoms with E-state index in [4.69, 9.17) is 16.3 Å². The van der Waals surface area contributed by atoms with Gasteiger partial charge in [-0.2, -0.15) is 4.94 Å². The minimum Gasteiger partial charge on any atom is -0.469 e. The molecule has 0 bridgehead atoms. The summed E-state index contributed by atoms with van der Waals surface area (Å²) in [5.74, 6) is 1.19. The molecule has 35 heavy (non-hydrogen) atoms. The van der Waals surface area contributed by atoms with Crippen molar-refractivity contribution < 1.29 is 28.5 Å². The largest absolute Gasteiger partial charge is 0.469 e. The Bertz CT molecular complexity index is 803. The van der Waals surface area contributed by atoms with Gasteiger partial charge in [-0.25, -0.2) is 0 Å². The van der Waals surface area contributed by atoms with Gasteiger partial charge in [0.2, 0.25) is 0 Å². The van der Waals surface area contributed by atoms with Crippen molar-refractivity contribution in [3.05, 3.63) is 58.2 Å². The van der Waals surface area contributed by atoms with Crippen LogP contribution in [-0.2, 0) is 24.0 Å². The van der Waals surface area contributed by atoms with Crippen LogP contribution >= 0.6 is 23.4 Å². The molecule has 0 aromatic heterocycles. The monoisotopic (exact) mass is 528 g/mol. The Morgan fingerprint density at radius 1 is 1.23 bits per heavy atom. The average Bonchev–Trinajstić information content (AvgIpc) is 3.22. The van der Waals surface area contributed by atoms with Gasteiger partial charge in [-0.15, -0.1) is 11.8 Å². The molecule has 1 aliphatic rings. The van der Waals surface area contributed by atoms with Crippen molar-refractivity contribution in [3.8, 4) is 0 Å². The van der Waals surface area contributed by atoms with Crippen LogP contribution in [0, 0.1) is 5.92 Å². The predicted molar refractivity (Wildman–Crippen MR) is 141 cm³/mol. The molecule has 0 aliphatic heterocycles. The van der Waals surface area contributed by atoms with E-state index in [1.807, 2.05) is 38.2 Å². The number of esters is 2. The van der Waals surface area contributed by atoms with Crippen LogP contribution in [0.5, 0.6) is 0 Å². The Morgan fingerprint density at radius 3 is 2.69 bits per heavy atom. The Morgan fingerprint density at radius 2 is 2.03 bits per heavy atom. The number of hydrogen-bond acceptors (Lipinski definition) is 6. The summed E-state index contributed by atoms with van der Waals surface area (Å²) in [5, 5.41) is 0. The molecule has 8 heteroatoms. The molecule has 1 aliphatic carbocycles. The van der Waals surface area contributed by atoms with Gasteiger partial charge in [0.1, 0.15) is 11.9 Å². The molecule has 0 fully saturated rings. The topological polar surface area (TPSA) is 61.8 Å². The molecular formula is C27H38ClFO5S. The highest BCUT2D eigenvalue weighted by Gasteiger charge is 2.27. The van der Waals surface area contributed by atoms with E-state index < -0.39 is 6.10 Å². The zero-order chi connectivity index (χ0) is 25.9. The van der Waals surface area contributed by atoms with E-state index >= 15 is 0 Å². The number of ether oxygens (including phenoxy) is 2. The zero-order valence-electron chi connectivity index (χ0n) is 21.0. The third-order valence-corrected chi connectivity index (χ3v) is 6.85. The van der Waals surface area contributed by atoms with Crippen molar-refractivity contribution in [2.24, 2.45) is 5.92 Å². The van der Waals surface area contributed by atoms with Gasteiger partial charge in [-0.3, -0.25) is 9.59 Å². The number of halogens is 2. The summed E-state index contributed by atoms with van der Waals surface area (Å²) in [6, 6.07) is 0. The molecule has 5 nitrogen and oxygen atoms in total. The van der Waals surface area contributed by atoms with Crippen LogP contribution in [0.3, 0.4) is 0 Å². The molecular weight excluding hydrogens is 491 g/mol. The lowest BCUT2D eigenvalue weighted by molar-refractivity contribution is -0.161. The maximum atomic E-state index is 13.3. The molecule has 2 atom stereocenters. The van der Waals surface area contributed by atoms with E-state index in [0.717, 1.165) is 54.1 Å². The van der Waals surface area contributed by atoms with E-state index in [1.54, 1.807) is 23.9 Å². The minimum absolute atomic E-state index is 0.0361. The Labute approximate surface area is 218 Å². The maximum Gasteiger partial charge on any atom is 0.310 e. The number of thioether (sulfide) groups is 1. The second-order valence-corrected chi connectivity index (χ2v) is 9.56. The first-order valence-corrected chi connectivity index (χ1v) is 13.6. The van der Waals surface area contributed by atoms with Crippen LogP contribution in [0.2, 0.25) is 0 Å². The molecule has 0 aromatic rings. The molecule has 0 radical (unpaired) electrons. The van der Waals surface area contributed by atoms with Crippen LogP contribution in [0.15, 0.2) is 58.2 Å². The second kappa shape index (κ2) is 19.4. The summed E-state index contributed by atoms with van der Waals surface area (Å²) in [7, 11) is 1.40. The number of carbonyl (C=O) groups is 2. The lowest BCUT2D eigenvalue weighted by Crippen LogP contribution is -2.07. The number of methoxy groups -OCH3 is 1. The van der Waals surface area contributed by atoms with Gasteiger partial charge in [0.15, 0.2) is 0 Å². The summed E-state index contributed by atoms with van der Waals surface area (Å²) in [6.45, 7) is 3.83. The predicted octanol–water partition coefficient (Wildman–Crippen LogP) is 7.89. The summed E-state index contributed by atoms with van der Waals surface area (Å²) in [4.78, 5) is 28.6. The fourth-order valence-electron chi connectivity index (χ4n) is 3.63. The minimum atomic E-state index is -0.738. The van der Waals surface area contributed by atoms with Gasteiger partial charge in [0.05, 0.1) is 7.11 Å².